The summed E-state index contributed by atoms with van der Waals surface area (Å²) in [5.74, 6) is 0.899. The summed E-state index contributed by atoms with van der Waals surface area (Å²) >= 11 is 0. The molecular formula is C14H22N2O2. The predicted octanol–water partition coefficient (Wildman–Crippen LogP) is 1.24. The first kappa shape index (κ1) is 13.3. The monoisotopic (exact) mass is 250 g/mol. The van der Waals surface area contributed by atoms with Gasteiger partial charge in [-0.05, 0) is 19.5 Å². The van der Waals surface area contributed by atoms with Gasteiger partial charge in [0, 0.05) is 31.3 Å². The van der Waals surface area contributed by atoms with Crippen molar-refractivity contribution in [2.24, 2.45) is 5.73 Å². The molecule has 1 atom stereocenters. The van der Waals surface area contributed by atoms with Crippen molar-refractivity contribution in [1.29, 1.82) is 0 Å². The molecule has 0 spiro atoms. The van der Waals surface area contributed by atoms with Crippen LogP contribution in [0, 0.1) is 0 Å². The van der Waals surface area contributed by atoms with Crippen LogP contribution in [0.3, 0.4) is 0 Å². The van der Waals surface area contributed by atoms with Crippen LogP contribution in [-0.2, 0) is 11.3 Å². The Morgan fingerprint density at radius 3 is 3.00 bits per heavy atom. The van der Waals surface area contributed by atoms with E-state index in [4.69, 9.17) is 15.2 Å². The van der Waals surface area contributed by atoms with E-state index in [0.29, 0.717) is 19.2 Å². The van der Waals surface area contributed by atoms with Crippen LogP contribution in [0.25, 0.3) is 0 Å². The topological polar surface area (TPSA) is 47.7 Å². The molecule has 100 valence electrons. The Balaban J connectivity index is 1.77. The zero-order chi connectivity index (χ0) is 12.8. The van der Waals surface area contributed by atoms with Crippen molar-refractivity contribution >= 4 is 0 Å². The molecule has 1 heterocycles. The fourth-order valence-electron chi connectivity index (χ4n) is 2.17. The van der Waals surface area contributed by atoms with E-state index < -0.39 is 0 Å². The summed E-state index contributed by atoms with van der Waals surface area (Å²) < 4.78 is 11.2. The van der Waals surface area contributed by atoms with Gasteiger partial charge in [0.05, 0.1) is 6.61 Å². The van der Waals surface area contributed by atoms with Crippen LogP contribution in [0.4, 0.5) is 0 Å². The van der Waals surface area contributed by atoms with Crippen molar-refractivity contribution in [3.8, 4) is 5.75 Å². The second-order valence-corrected chi connectivity index (χ2v) is 4.66. The largest absolute Gasteiger partial charge is 0.492 e. The summed E-state index contributed by atoms with van der Waals surface area (Å²) in [6.07, 6.45) is 1.12. The molecule has 0 radical (unpaired) electrons. The van der Waals surface area contributed by atoms with E-state index in [1.54, 1.807) is 0 Å². The zero-order valence-corrected chi connectivity index (χ0v) is 11.0. The lowest BCUT2D eigenvalue weighted by Crippen LogP contribution is -2.35. The van der Waals surface area contributed by atoms with E-state index >= 15 is 0 Å². The highest BCUT2D eigenvalue weighted by Crippen LogP contribution is 2.17. The van der Waals surface area contributed by atoms with Crippen molar-refractivity contribution in [3.63, 3.8) is 0 Å². The normalized spacial score (nSPS) is 19.4. The molecular weight excluding hydrogens is 228 g/mol. The Morgan fingerprint density at radius 2 is 2.28 bits per heavy atom. The second kappa shape index (κ2) is 6.73. The van der Waals surface area contributed by atoms with Crippen LogP contribution in [0.2, 0.25) is 0 Å². The van der Waals surface area contributed by atoms with Crippen LogP contribution in [0.15, 0.2) is 24.3 Å². The van der Waals surface area contributed by atoms with Gasteiger partial charge in [-0.3, -0.25) is 4.90 Å². The lowest BCUT2D eigenvalue weighted by Gasteiger charge is -2.22. The highest BCUT2D eigenvalue weighted by atomic mass is 16.5. The van der Waals surface area contributed by atoms with Gasteiger partial charge in [0.1, 0.15) is 12.4 Å². The maximum absolute atomic E-state index is 5.80. The minimum absolute atomic E-state index is 0.516. The van der Waals surface area contributed by atoms with Gasteiger partial charge in [-0.25, -0.2) is 0 Å². The Hall–Kier alpha value is -1.10. The SMILES string of the molecule is CN(CCOc1ccccc1CN)C1CCOC1. The number of benzene rings is 1. The number of ether oxygens (including phenoxy) is 2. The van der Waals surface area contributed by atoms with E-state index in [-0.39, 0.29) is 0 Å². The summed E-state index contributed by atoms with van der Waals surface area (Å²) in [6.45, 7) is 3.83. The van der Waals surface area contributed by atoms with E-state index in [0.717, 1.165) is 37.5 Å². The fourth-order valence-corrected chi connectivity index (χ4v) is 2.17. The third-order valence-electron chi connectivity index (χ3n) is 3.42. The van der Waals surface area contributed by atoms with Gasteiger partial charge in [-0.2, -0.15) is 0 Å². The molecule has 1 aliphatic heterocycles. The highest BCUT2D eigenvalue weighted by Gasteiger charge is 2.19. The molecule has 1 aromatic rings. The Morgan fingerprint density at radius 1 is 1.44 bits per heavy atom. The standard InChI is InChI=1S/C14H22N2O2/c1-16(13-6-8-17-11-13)7-9-18-14-5-3-2-4-12(14)10-15/h2-5,13H,6-11,15H2,1H3. The van der Waals surface area contributed by atoms with Crippen LogP contribution < -0.4 is 10.5 Å². The number of nitrogens with two attached hydrogens (primary N) is 1. The molecule has 1 fully saturated rings. The molecule has 0 bridgehead atoms. The van der Waals surface area contributed by atoms with Gasteiger partial charge in [0.25, 0.3) is 0 Å². The molecule has 1 unspecified atom stereocenters. The Labute approximate surface area is 109 Å². The fraction of sp³-hybridized carbons (Fsp3) is 0.571. The number of hydrogen-bond donors (Lipinski definition) is 1. The van der Waals surface area contributed by atoms with Crippen molar-refractivity contribution in [3.05, 3.63) is 29.8 Å². The lowest BCUT2D eigenvalue weighted by atomic mass is 10.2. The van der Waals surface area contributed by atoms with Crippen molar-refractivity contribution in [2.75, 3.05) is 33.4 Å². The Kier molecular flexibility index (Phi) is 4.99. The van der Waals surface area contributed by atoms with Crippen LogP contribution in [0.5, 0.6) is 5.75 Å². The summed E-state index contributed by atoms with van der Waals surface area (Å²) in [5.41, 5.74) is 6.73. The molecule has 2 N–H and O–H groups in total. The van der Waals surface area contributed by atoms with Crippen LogP contribution in [-0.4, -0.2) is 44.4 Å². The molecule has 0 aromatic heterocycles. The van der Waals surface area contributed by atoms with Crippen LogP contribution in [0.1, 0.15) is 12.0 Å². The summed E-state index contributed by atoms with van der Waals surface area (Å²) in [6, 6.07) is 8.48. The van der Waals surface area contributed by atoms with E-state index in [2.05, 4.69) is 11.9 Å². The number of likely N-dealkylation sites (N-methyl/N-ethyl adjacent to an activating group) is 1. The highest BCUT2D eigenvalue weighted by molar-refractivity contribution is 5.32. The maximum Gasteiger partial charge on any atom is 0.123 e. The van der Waals surface area contributed by atoms with Gasteiger partial charge in [-0.15, -0.1) is 0 Å². The van der Waals surface area contributed by atoms with Crippen LogP contribution >= 0.6 is 0 Å². The number of para-hydroxylation sites is 1. The summed E-state index contributed by atoms with van der Waals surface area (Å²) in [4.78, 5) is 2.30. The second-order valence-electron chi connectivity index (χ2n) is 4.66. The third kappa shape index (κ3) is 3.45. The first-order valence-corrected chi connectivity index (χ1v) is 6.50. The predicted molar refractivity (Wildman–Crippen MR) is 71.7 cm³/mol. The van der Waals surface area contributed by atoms with Crippen molar-refractivity contribution in [1.82, 2.24) is 4.90 Å². The number of nitrogens with zero attached hydrogens (tertiary/aromatic N) is 1. The molecule has 0 saturated carbocycles. The average molecular weight is 250 g/mol. The van der Waals surface area contributed by atoms with E-state index in [1.165, 1.54) is 0 Å². The minimum Gasteiger partial charge on any atom is -0.492 e. The summed E-state index contributed by atoms with van der Waals surface area (Å²) in [5, 5.41) is 0. The average Bonchev–Trinajstić information content (AvgIpc) is 2.93. The molecule has 0 aliphatic carbocycles. The minimum atomic E-state index is 0.516. The Bertz CT molecular complexity index is 365. The lowest BCUT2D eigenvalue weighted by molar-refractivity contribution is 0.147. The first-order chi connectivity index (χ1) is 8.81. The maximum atomic E-state index is 5.80. The quantitative estimate of drug-likeness (QED) is 0.825. The molecule has 4 nitrogen and oxygen atoms in total. The first-order valence-electron chi connectivity index (χ1n) is 6.50. The van der Waals surface area contributed by atoms with Crippen molar-refractivity contribution in [2.45, 2.75) is 19.0 Å². The van der Waals surface area contributed by atoms with E-state index in [9.17, 15) is 0 Å². The van der Waals surface area contributed by atoms with Gasteiger partial charge >= 0.3 is 0 Å². The molecule has 0 amide bonds. The van der Waals surface area contributed by atoms with Gasteiger partial charge in [-0.1, -0.05) is 18.2 Å². The number of rotatable bonds is 6. The smallest absolute Gasteiger partial charge is 0.123 e. The molecule has 18 heavy (non-hydrogen) atoms. The van der Waals surface area contributed by atoms with E-state index in [1.807, 2.05) is 24.3 Å². The molecule has 1 aliphatic rings. The number of hydrogen-bond acceptors (Lipinski definition) is 4. The molecule has 1 aromatic carbocycles. The van der Waals surface area contributed by atoms with Crippen molar-refractivity contribution < 1.29 is 9.47 Å². The van der Waals surface area contributed by atoms with Gasteiger partial charge in [0.15, 0.2) is 0 Å². The zero-order valence-electron chi connectivity index (χ0n) is 11.0. The molecule has 1 saturated heterocycles. The molecule has 2 rings (SSSR count). The third-order valence-corrected chi connectivity index (χ3v) is 3.42. The van der Waals surface area contributed by atoms with Gasteiger partial charge < -0.3 is 15.2 Å². The summed E-state index contributed by atoms with van der Waals surface area (Å²) in [7, 11) is 2.12. The van der Waals surface area contributed by atoms with Gasteiger partial charge in [0.2, 0.25) is 0 Å². The molecule has 4 heteroatoms.